The molecule has 0 aromatic carbocycles. The minimum absolute atomic E-state index is 0.0231. The number of carbonyl (C=O) groups excluding carboxylic acids is 1. The number of hydrogen-bond acceptors (Lipinski definition) is 5. The zero-order chi connectivity index (χ0) is 16.4. The molecule has 2 fully saturated rings. The molecule has 0 spiro atoms. The van der Waals surface area contributed by atoms with E-state index in [1.165, 1.54) is 19.0 Å². The lowest BCUT2D eigenvalue weighted by molar-refractivity contribution is 0.0892. The predicted octanol–water partition coefficient (Wildman–Crippen LogP) is 2.03. The molecular formula is C17H25N3O3. The standard InChI is InChI=1S/C17H25N3O3/c1-17(2,7-8-21)20-15(22)13-9-18-14(12-5-6-12)16(19-13)23-10-11-3-4-11/h9,11-12,21H,3-8,10H2,1-2H3,(H,20,22). The van der Waals surface area contributed by atoms with E-state index in [9.17, 15) is 4.79 Å². The van der Waals surface area contributed by atoms with Gasteiger partial charge in [0, 0.05) is 18.1 Å². The lowest BCUT2D eigenvalue weighted by atomic mass is 10.0. The first kappa shape index (κ1) is 16.2. The molecule has 2 aliphatic rings. The van der Waals surface area contributed by atoms with Gasteiger partial charge < -0.3 is 15.2 Å². The molecule has 0 saturated heterocycles. The minimum atomic E-state index is -0.488. The Bertz CT molecular complexity index is 580. The van der Waals surface area contributed by atoms with Crippen LogP contribution in [0.2, 0.25) is 0 Å². The fourth-order valence-corrected chi connectivity index (χ4v) is 2.43. The molecule has 3 rings (SSSR count). The maximum atomic E-state index is 12.4. The molecule has 1 heterocycles. The summed E-state index contributed by atoms with van der Waals surface area (Å²) in [6.45, 7) is 4.43. The number of aliphatic hydroxyl groups is 1. The van der Waals surface area contributed by atoms with Crippen molar-refractivity contribution in [1.82, 2.24) is 15.3 Å². The van der Waals surface area contributed by atoms with Crippen LogP contribution in [0.25, 0.3) is 0 Å². The molecule has 1 aromatic rings. The van der Waals surface area contributed by atoms with Gasteiger partial charge in [-0.2, -0.15) is 0 Å². The van der Waals surface area contributed by atoms with Crippen LogP contribution in [-0.2, 0) is 0 Å². The molecule has 0 atom stereocenters. The van der Waals surface area contributed by atoms with Crippen LogP contribution in [0.3, 0.4) is 0 Å². The van der Waals surface area contributed by atoms with Crippen molar-refractivity contribution < 1.29 is 14.6 Å². The summed E-state index contributed by atoms with van der Waals surface area (Å²) >= 11 is 0. The third-order valence-corrected chi connectivity index (χ3v) is 4.31. The minimum Gasteiger partial charge on any atom is -0.476 e. The Morgan fingerprint density at radius 1 is 1.39 bits per heavy atom. The van der Waals surface area contributed by atoms with Gasteiger partial charge in [0.2, 0.25) is 5.88 Å². The quantitative estimate of drug-likeness (QED) is 0.766. The van der Waals surface area contributed by atoms with Crippen LogP contribution in [0, 0.1) is 5.92 Å². The van der Waals surface area contributed by atoms with E-state index < -0.39 is 5.54 Å². The fraction of sp³-hybridized carbons (Fsp3) is 0.706. The van der Waals surface area contributed by atoms with Crippen molar-refractivity contribution in [1.29, 1.82) is 0 Å². The number of nitrogens with one attached hydrogen (secondary N) is 1. The smallest absolute Gasteiger partial charge is 0.272 e. The summed E-state index contributed by atoms with van der Waals surface area (Å²) in [6.07, 6.45) is 6.66. The third kappa shape index (κ3) is 4.41. The van der Waals surface area contributed by atoms with Crippen LogP contribution < -0.4 is 10.1 Å². The topological polar surface area (TPSA) is 84.3 Å². The SMILES string of the molecule is CC(C)(CCO)NC(=O)c1cnc(C2CC2)c(OCC2CC2)n1. The van der Waals surface area contributed by atoms with Crippen LogP contribution >= 0.6 is 0 Å². The van der Waals surface area contributed by atoms with Crippen LogP contribution in [-0.4, -0.2) is 39.7 Å². The van der Waals surface area contributed by atoms with Gasteiger partial charge >= 0.3 is 0 Å². The zero-order valence-corrected chi connectivity index (χ0v) is 13.8. The Hall–Kier alpha value is -1.69. The predicted molar refractivity (Wildman–Crippen MR) is 85.5 cm³/mol. The van der Waals surface area contributed by atoms with Crippen molar-refractivity contribution in [3.05, 3.63) is 17.6 Å². The van der Waals surface area contributed by atoms with Crippen LogP contribution in [0.4, 0.5) is 0 Å². The average molecular weight is 319 g/mol. The first-order chi connectivity index (χ1) is 11.0. The van der Waals surface area contributed by atoms with E-state index in [4.69, 9.17) is 9.84 Å². The molecule has 126 valence electrons. The van der Waals surface area contributed by atoms with E-state index in [1.807, 2.05) is 13.8 Å². The van der Waals surface area contributed by atoms with Gasteiger partial charge in [-0.25, -0.2) is 4.98 Å². The van der Waals surface area contributed by atoms with Gasteiger partial charge in [0.25, 0.3) is 5.91 Å². The van der Waals surface area contributed by atoms with Gasteiger partial charge in [0.15, 0.2) is 0 Å². The summed E-state index contributed by atoms with van der Waals surface area (Å²) in [6, 6.07) is 0. The Kier molecular flexibility index (Phi) is 4.53. The van der Waals surface area contributed by atoms with Crippen molar-refractivity contribution >= 4 is 5.91 Å². The summed E-state index contributed by atoms with van der Waals surface area (Å²) in [7, 11) is 0. The second-order valence-electron chi connectivity index (χ2n) is 7.29. The molecule has 2 aliphatic carbocycles. The number of amides is 1. The lowest BCUT2D eigenvalue weighted by Gasteiger charge is -2.25. The highest BCUT2D eigenvalue weighted by atomic mass is 16.5. The molecule has 6 heteroatoms. The van der Waals surface area contributed by atoms with E-state index >= 15 is 0 Å². The van der Waals surface area contributed by atoms with Gasteiger partial charge in [-0.1, -0.05) is 0 Å². The molecule has 23 heavy (non-hydrogen) atoms. The van der Waals surface area contributed by atoms with Gasteiger partial charge in [-0.05, 0) is 51.9 Å². The number of rotatable bonds is 8. The van der Waals surface area contributed by atoms with Gasteiger partial charge in [0.1, 0.15) is 11.4 Å². The highest BCUT2D eigenvalue weighted by Crippen LogP contribution is 2.42. The van der Waals surface area contributed by atoms with E-state index in [0.717, 1.165) is 18.5 Å². The van der Waals surface area contributed by atoms with E-state index in [1.54, 1.807) is 0 Å². The van der Waals surface area contributed by atoms with Gasteiger partial charge in [-0.15, -0.1) is 0 Å². The Labute approximate surface area is 136 Å². The highest BCUT2D eigenvalue weighted by molar-refractivity contribution is 5.92. The average Bonchev–Trinajstić information content (AvgIpc) is 3.37. The Morgan fingerprint density at radius 2 is 2.13 bits per heavy atom. The number of ether oxygens (including phenoxy) is 1. The van der Waals surface area contributed by atoms with E-state index in [-0.39, 0.29) is 18.2 Å². The molecule has 0 unspecified atom stereocenters. The second-order valence-corrected chi connectivity index (χ2v) is 7.29. The fourth-order valence-electron chi connectivity index (χ4n) is 2.43. The third-order valence-electron chi connectivity index (χ3n) is 4.31. The number of hydrogen-bond donors (Lipinski definition) is 2. The number of aliphatic hydroxyl groups excluding tert-OH is 1. The van der Waals surface area contributed by atoms with Crippen molar-refractivity contribution in [2.75, 3.05) is 13.2 Å². The van der Waals surface area contributed by atoms with E-state index in [2.05, 4.69) is 15.3 Å². The normalized spacial score (nSPS) is 17.9. The number of aromatic nitrogens is 2. The van der Waals surface area contributed by atoms with Gasteiger partial charge in [0.05, 0.1) is 12.8 Å². The highest BCUT2D eigenvalue weighted by Gasteiger charge is 2.31. The summed E-state index contributed by atoms with van der Waals surface area (Å²) < 4.78 is 5.84. The van der Waals surface area contributed by atoms with Crippen molar-refractivity contribution in [3.63, 3.8) is 0 Å². The Balaban J connectivity index is 1.73. The molecule has 1 amide bonds. The molecule has 0 bridgehead atoms. The number of carbonyl (C=O) groups is 1. The van der Waals surface area contributed by atoms with Crippen molar-refractivity contribution in [2.24, 2.45) is 5.92 Å². The van der Waals surface area contributed by atoms with Crippen molar-refractivity contribution in [3.8, 4) is 5.88 Å². The molecular weight excluding hydrogens is 294 g/mol. The summed E-state index contributed by atoms with van der Waals surface area (Å²) in [4.78, 5) is 21.2. The number of nitrogens with zero attached hydrogens (tertiary/aromatic N) is 2. The Morgan fingerprint density at radius 3 is 2.74 bits per heavy atom. The monoisotopic (exact) mass is 319 g/mol. The van der Waals surface area contributed by atoms with Crippen LogP contribution in [0.1, 0.15) is 68.1 Å². The molecule has 2 N–H and O–H groups in total. The largest absolute Gasteiger partial charge is 0.476 e. The molecule has 0 aliphatic heterocycles. The molecule has 6 nitrogen and oxygen atoms in total. The van der Waals surface area contributed by atoms with Gasteiger partial charge in [-0.3, -0.25) is 9.78 Å². The molecule has 2 saturated carbocycles. The summed E-state index contributed by atoms with van der Waals surface area (Å²) in [5.41, 5.74) is 0.667. The molecule has 0 radical (unpaired) electrons. The summed E-state index contributed by atoms with van der Waals surface area (Å²) in [5.74, 6) is 1.30. The maximum Gasteiger partial charge on any atom is 0.272 e. The van der Waals surface area contributed by atoms with Crippen LogP contribution in [0.15, 0.2) is 6.20 Å². The summed E-state index contributed by atoms with van der Waals surface area (Å²) in [5, 5.41) is 11.9. The first-order valence-corrected chi connectivity index (χ1v) is 8.41. The second kappa shape index (κ2) is 6.43. The van der Waals surface area contributed by atoms with E-state index in [0.29, 0.717) is 30.7 Å². The van der Waals surface area contributed by atoms with Crippen molar-refractivity contribution in [2.45, 2.75) is 57.4 Å². The lowest BCUT2D eigenvalue weighted by Crippen LogP contribution is -2.44. The van der Waals surface area contributed by atoms with Crippen LogP contribution in [0.5, 0.6) is 5.88 Å². The first-order valence-electron chi connectivity index (χ1n) is 8.41. The maximum absolute atomic E-state index is 12.4. The zero-order valence-electron chi connectivity index (χ0n) is 13.8. The molecule has 1 aromatic heterocycles.